The van der Waals surface area contributed by atoms with E-state index in [0.29, 0.717) is 5.56 Å². The normalized spacial score (nSPS) is 12.9. The Hall–Kier alpha value is -0.980. The fourth-order valence-electron chi connectivity index (χ4n) is 1.93. The monoisotopic (exact) mass is 339 g/mol. The molecule has 0 aliphatic carbocycles. The van der Waals surface area contributed by atoms with Gasteiger partial charge >= 0.3 is 29.6 Å². The Kier molecular flexibility index (Phi) is 7.17. The number of nitrogens with zero attached hydrogens (tertiary/aromatic N) is 1. The zero-order valence-electron chi connectivity index (χ0n) is 13.7. The zero-order valence-corrected chi connectivity index (χ0v) is 16.6. The maximum atomic E-state index is 11.7. The Balaban J connectivity index is 0.00000264. The first-order chi connectivity index (χ1) is 10.3. The summed E-state index contributed by atoms with van der Waals surface area (Å²) < 4.78 is 20.1. The summed E-state index contributed by atoms with van der Waals surface area (Å²) in [5.41, 5.74) is 2.29. The maximum absolute atomic E-state index is 11.7. The first-order valence-corrected chi connectivity index (χ1v) is 7.94. The van der Waals surface area contributed by atoms with Gasteiger partial charge in [0.15, 0.2) is 11.1 Å². The van der Waals surface area contributed by atoms with E-state index in [0.717, 1.165) is 5.69 Å². The van der Waals surface area contributed by atoms with Gasteiger partial charge in [-0.05, 0) is 40.8 Å². The van der Waals surface area contributed by atoms with Crippen molar-refractivity contribution in [1.82, 2.24) is 0 Å². The summed E-state index contributed by atoms with van der Waals surface area (Å²) in [6.45, 7) is 6.40. The first kappa shape index (κ1) is 20.1. The van der Waals surface area contributed by atoms with E-state index in [1.807, 2.05) is 24.3 Å². The molecule has 0 amide bonds. The van der Waals surface area contributed by atoms with Crippen molar-refractivity contribution in [1.29, 1.82) is 0 Å². The summed E-state index contributed by atoms with van der Waals surface area (Å²) in [5.74, 6) is -0.232. The van der Waals surface area contributed by atoms with Crippen LogP contribution >= 0.6 is 0 Å². The van der Waals surface area contributed by atoms with Crippen molar-refractivity contribution in [2.24, 2.45) is 4.99 Å². The van der Waals surface area contributed by atoms with Gasteiger partial charge in [0, 0.05) is 6.21 Å². The molecule has 0 saturated carbocycles. The molecule has 2 rings (SSSR count). The van der Waals surface area contributed by atoms with Crippen molar-refractivity contribution in [3.8, 4) is 5.75 Å². The second-order valence-corrected chi connectivity index (χ2v) is 6.97. The number of hydrogen-bond acceptors (Lipinski definition) is 3. The van der Waals surface area contributed by atoms with Crippen molar-refractivity contribution in [2.45, 2.75) is 31.1 Å². The van der Waals surface area contributed by atoms with Crippen molar-refractivity contribution in [3.63, 3.8) is 0 Å². The van der Waals surface area contributed by atoms with Crippen LogP contribution < -0.4 is 34.7 Å². The molecule has 2 aromatic rings. The average Bonchev–Trinajstić information content (AvgIpc) is 2.45. The van der Waals surface area contributed by atoms with Crippen LogP contribution in [0, 0.1) is 0 Å². The van der Waals surface area contributed by atoms with E-state index < -0.39 is 11.1 Å². The van der Waals surface area contributed by atoms with Gasteiger partial charge < -0.3 is 9.66 Å². The zero-order chi connectivity index (χ0) is 16.3. The number of aliphatic imine (C=N–C) groups is 1. The van der Waals surface area contributed by atoms with Crippen LogP contribution in [0.15, 0.2) is 52.4 Å². The van der Waals surface area contributed by atoms with E-state index in [4.69, 9.17) is 4.55 Å². The average molecular weight is 339 g/mol. The summed E-state index contributed by atoms with van der Waals surface area (Å²) in [6, 6.07) is 11.8. The molecule has 1 N–H and O–H groups in total. The van der Waals surface area contributed by atoms with Gasteiger partial charge in [-0.25, -0.2) is 4.21 Å². The third-order valence-electron chi connectivity index (χ3n) is 3.27. The van der Waals surface area contributed by atoms with Crippen LogP contribution in [0.3, 0.4) is 0 Å². The number of hydrogen-bond donors (Lipinski definition) is 1. The van der Waals surface area contributed by atoms with Gasteiger partial charge in [-0.1, -0.05) is 44.7 Å². The molecule has 0 aromatic heterocycles. The summed E-state index contributed by atoms with van der Waals surface area (Å²) in [5, 5.41) is 11.7. The molecule has 0 aliphatic rings. The molecule has 0 radical (unpaired) electrons. The molecule has 0 spiro atoms. The molecule has 1 atom stereocenters. The van der Waals surface area contributed by atoms with E-state index in [2.05, 4.69) is 25.8 Å². The predicted octanol–water partition coefficient (Wildman–Crippen LogP) is 0.393. The molecular weight excluding hydrogens is 321 g/mol. The Morgan fingerprint density at radius 3 is 2.26 bits per heavy atom. The van der Waals surface area contributed by atoms with Crippen LogP contribution in [0.2, 0.25) is 0 Å². The summed E-state index contributed by atoms with van der Waals surface area (Å²) in [6.07, 6.45) is 1.42. The third-order valence-corrected chi connectivity index (χ3v) is 3.93. The van der Waals surface area contributed by atoms with Crippen LogP contribution in [0.4, 0.5) is 5.69 Å². The van der Waals surface area contributed by atoms with E-state index >= 15 is 0 Å². The number of rotatable bonds is 3. The molecule has 0 fully saturated rings. The Labute approximate surface area is 161 Å². The van der Waals surface area contributed by atoms with Crippen LogP contribution in [0.1, 0.15) is 31.9 Å². The summed E-state index contributed by atoms with van der Waals surface area (Å²) in [7, 11) is 0. The van der Waals surface area contributed by atoms with E-state index in [1.165, 1.54) is 30.0 Å². The standard InChI is InChI=1S/C17H19NO3S.Na/c1-17(2,3)13-4-6-14(7-5-13)18-11-12-10-15(22(20)21)8-9-16(12)19;/h4-11,19H,1-3H3,(H,20,21);/q;+1/p-1. The van der Waals surface area contributed by atoms with Crippen molar-refractivity contribution in [3.05, 3.63) is 53.6 Å². The van der Waals surface area contributed by atoms with Crippen LogP contribution in [0.5, 0.6) is 5.75 Å². The second-order valence-electron chi connectivity index (χ2n) is 6.00. The minimum absolute atomic E-state index is 0. The SMILES string of the molecule is CC(C)(C)c1ccc(N=Cc2cc(S(=O)O)ccc2[O-])cc1.[Na+]. The molecule has 2 aromatic carbocycles. The van der Waals surface area contributed by atoms with Gasteiger partial charge in [0.2, 0.25) is 0 Å². The van der Waals surface area contributed by atoms with Gasteiger partial charge in [-0.2, -0.15) is 0 Å². The summed E-state index contributed by atoms with van der Waals surface area (Å²) >= 11 is -2.11. The molecular formula is C17H18NNaO3S. The second kappa shape index (κ2) is 8.22. The fourth-order valence-corrected chi connectivity index (χ4v) is 2.34. The largest absolute Gasteiger partial charge is 1.00 e. The van der Waals surface area contributed by atoms with Gasteiger partial charge in [0.25, 0.3) is 0 Å². The van der Waals surface area contributed by atoms with Crippen molar-refractivity contribution < 1.29 is 43.4 Å². The fraction of sp³-hybridized carbons (Fsp3) is 0.235. The Morgan fingerprint density at radius 1 is 1.13 bits per heavy atom. The topological polar surface area (TPSA) is 72.7 Å². The predicted molar refractivity (Wildman–Crippen MR) is 87.3 cm³/mol. The molecule has 6 heteroatoms. The van der Waals surface area contributed by atoms with Gasteiger partial charge in [-0.3, -0.25) is 4.99 Å². The van der Waals surface area contributed by atoms with Crippen LogP contribution in [-0.2, 0) is 16.5 Å². The molecule has 0 heterocycles. The molecule has 4 nitrogen and oxygen atoms in total. The van der Waals surface area contributed by atoms with Crippen molar-refractivity contribution in [2.75, 3.05) is 0 Å². The Morgan fingerprint density at radius 2 is 1.74 bits per heavy atom. The number of benzene rings is 2. The first-order valence-electron chi connectivity index (χ1n) is 6.84. The van der Waals surface area contributed by atoms with Crippen LogP contribution in [-0.4, -0.2) is 15.0 Å². The molecule has 0 saturated heterocycles. The molecule has 1 unspecified atom stereocenters. The van der Waals surface area contributed by atoms with Gasteiger partial charge in [-0.15, -0.1) is 0 Å². The van der Waals surface area contributed by atoms with Crippen LogP contribution in [0.25, 0.3) is 0 Å². The minimum Gasteiger partial charge on any atom is -0.872 e. The quantitative estimate of drug-likeness (QED) is 0.500. The summed E-state index contributed by atoms with van der Waals surface area (Å²) in [4.78, 5) is 4.44. The maximum Gasteiger partial charge on any atom is 1.00 e. The molecule has 116 valence electrons. The Bertz CT molecular complexity index is 722. The van der Waals surface area contributed by atoms with E-state index in [-0.39, 0.29) is 45.6 Å². The smallest absolute Gasteiger partial charge is 0.872 e. The van der Waals surface area contributed by atoms with Gasteiger partial charge in [0.05, 0.1) is 10.6 Å². The van der Waals surface area contributed by atoms with E-state index in [1.54, 1.807) is 0 Å². The minimum atomic E-state index is -2.11. The van der Waals surface area contributed by atoms with Gasteiger partial charge in [0.1, 0.15) is 0 Å². The molecule has 0 aliphatic heterocycles. The third kappa shape index (κ3) is 5.55. The van der Waals surface area contributed by atoms with E-state index in [9.17, 15) is 9.32 Å². The van der Waals surface area contributed by atoms with Crippen molar-refractivity contribution >= 4 is 23.0 Å². The molecule has 23 heavy (non-hydrogen) atoms. The molecule has 0 bridgehead atoms.